The van der Waals surface area contributed by atoms with Crippen LogP contribution in [0.3, 0.4) is 0 Å². The first-order valence-electron chi connectivity index (χ1n) is 9.14. The van der Waals surface area contributed by atoms with Crippen molar-refractivity contribution in [2.24, 2.45) is 0 Å². The molecular weight excluding hydrogens is 332 g/mol. The maximum absolute atomic E-state index is 13.2. The Labute approximate surface area is 151 Å². The van der Waals surface area contributed by atoms with E-state index in [0.29, 0.717) is 43.1 Å². The Bertz CT molecular complexity index is 919. The second kappa shape index (κ2) is 6.27. The molecule has 0 fully saturated rings. The standard InChI is InChI=1S/C20H22N2O4/c1-3-26-18(24)11-13-6-8-22-16(13)10-12(2)19(22)20(25)15-5-4-14-17(23)7-9-21(14)15/h4-5,10,13H,3,6-9,11H2,1-2H3. The molecule has 1 unspecified atom stereocenters. The molecule has 26 heavy (non-hydrogen) atoms. The van der Waals surface area contributed by atoms with E-state index in [1.54, 1.807) is 19.1 Å². The average molecular weight is 354 g/mol. The normalized spacial score (nSPS) is 18.1. The highest BCUT2D eigenvalue weighted by atomic mass is 16.5. The Kier molecular flexibility index (Phi) is 4.05. The summed E-state index contributed by atoms with van der Waals surface area (Å²) < 4.78 is 8.94. The molecule has 0 amide bonds. The van der Waals surface area contributed by atoms with Gasteiger partial charge in [0.1, 0.15) is 0 Å². The van der Waals surface area contributed by atoms with Gasteiger partial charge in [0.25, 0.3) is 0 Å². The van der Waals surface area contributed by atoms with Crippen molar-refractivity contribution in [2.45, 2.75) is 52.1 Å². The summed E-state index contributed by atoms with van der Waals surface area (Å²) in [6, 6.07) is 5.51. The zero-order chi connectivity index (χ0) is 18.4. The van der Waals surface area contributed by atoms with Crippen molar-refractivity contribution >= 4 is 17.5 Å². The van der Waals surface area contributed by atoms with E-state index in [-0.39, 0.29) is 23.5 Å². The number of carbonyl (C=O) groups is 3. The average Bonchev–Trinajstić information content (AvgIpc) is 3.32. The van der Waals surface area contributed by atoms with E-state index in [2.05, 4.69) is 0 Å². The number of aryl methyl sites for hydroxylation is 1. The topological polar surface area (TPSA) is 70.3 Å². The van der Waals surface area contributed by atoms with Crippen molar-refractivity contribution in [3.05, 3.63) is 46.5 Å². The molecule has 0 saturated heterocycles. The number of fused-ring (bicyclic) bond motifs is 2. The summed E-state index contributed by atoms with van der Waals surface area (Å²) in [5, 5.41) is 0. The Balaban J connectivity index is 1.65. The summed E-state index contributed by atoms with van der Waals surface area (Å²) in [5.74, 6) is -0.0587. The zero-order valence-electron chi connectivity index (χ0n) is 15.1. The van der Waals surface area contributed by atoms with E-state index < -0.39 is 0 Å². The molecule has 0 aliphatic carbocycles. The Hall–Kier alpha value is -2.63. The lowest BCUT2D eigenvalue weighted by molar-refractivity contribution is -0.143. The van der Waals surface area contributed by atoms with Crippen LogP contribution in [0, 0.1) is 6.92 Å². The van der Waals surface area contributed by atoms with E-state index in [1.165, 1.54) is 0 Å². The molecule has 6 nitrogen and oxygen atoms in total. The molecule has 2 aliphatic rings. The van der Waals surface area contributed by atoms with Crippen LogP contribution in [0.1, 0.15) is 70.0 Å². The minimum atomic E-state index is -0.194. The van der Waals surface area contributed by atoms with E-state index in [1.807, 2.05) is 22.1 Å². The second-order valence-corrected chi connectivity index (χ2v) is 7.00. The first-order valence-corrected chi connectivity index (χ1v) is 9.14. The van der Waals surface area contributed by atoms with Crippen LogP contribution in [-0.4, -0.2) is 33.3 Å². The number of Topliss-reactive ketones (excluding diaryl/α,β-unsaturated/α-hetero) is 1. The lowest BCUT2D eigenvalue weighted by Gasteiger charge is -2.09. The summed E-state index contributed by atoms with van der Waals surface area (Å²) in [6.45, 7) is 5.41. The van der Waals surface area contributed by atoms with Crippen LogP contribution in [-0.2, 0) is 22.6 Å². The number of ketones is 2. The SMILES string of the molecule is CCOC(=O)CC1CCn2c1cc(C)c2C(=O)c1ccc2n1CCC2=O. The van der Waals surface area contributed by atoms with Gasteiger partial charge in [-0.05, 0) is 44.0 Å². The number of hydrogen-bond donors (Lipinski definition) is 0. The largest absolute Gasteiger partial charge is 0.466 e. The number of carbonyl (C=O) groups excluding carboxylic acids is 3. The lowest BCUT2D eigenvalue weighted by atomic mass is 10.00. The highest BCUT2D eigenvalue weighted by molar-refractivity contribution is 6.10. The van der Waals surface area contributed by atoms with Gasteiger partial charge in [0.05, 0.1) is 30.1 Å². The molecule has 0 aromatic carbocycles. The maximum Gasteiger partial charge on any atom is 0.306 e. The fourth-order valence-corrected chi connectivity index (χ4v) is 4.26. The van der Waals surface area contributed by atoms with Crippen LogP contribution >= 0.6 is 0 Å². The van der Waals surface area contributed by atoms with Crippen molar-refractivity contribution in [3.63, 3.8) is 0 Å². The molecule has 4 rings (SSSR count). The van der Waals surface area contributed by atoms with Crippen LogP contribution in [0.5, 0.6) is 0 Å². The lowest BCUT2D eigenvalue weighted by Crippen LogP contribution is -2.14. The first-order chi connectivity index (χ1) is 12.5. The van der Waals surface area contributed by atoms with Gasteiger partial charge in [0, 0.05) is 31.1 Å². The highest BCUT2D eigenvalue weighted by Crippen LogP contribution is 2.36. The molecule has 4 heterocycles. The Morgan fingerprint density at radius 2 is 2.04 bits per heavy atom. The van der Waals surface area contributed by atoms with Gasteiger partial charge >= 0.3 is 5.97 Å². The van der Waals surface area contributed by atoms with E-state index >= 15 is 0 Å². The fraction of sp³-hybridized carbons (Fsp3) is 0.450. The summed E-state index contributed by atoms with van der Waals surface area (Å²) >= 11 is 0. The van der Waals surface area contributed by atoms with Gasteiger partial charge in [0.15, 0.2) is 5.78 Å². The van der Waals surface area contributed by atoms with Crippen molar-refractivity contribution in [1.29, 1.82) is 0 Å². The van der Waals surface area contributed by atoms with Gasteiger partial charge in [-0.15, -0.1) is 0 Å². The molecule has 2 aliphatic heterocycles. The van der Waals surface area contributed by atoms with E-state index in [0.717, 1.165) is 24.2 Å². The van der Waals surface area contributed by atoms with Gasteiger partial charge in [0.2, 0.25) is 5.78 Å². The molecule has 0 N–H and O–H groups in total. The number of esters is 1. The summed E-state index contributed by atoms with van der Waals surface area (Å²) in [4.78, 5) is 36.9. The fourth-order valence-electron chi connectivity index (χ4n) is 4.26. The quantitative estimate of drug-likeness (QED) is 0.611. The molecule has 2 aromatic heterocycles. The summed E-state index contributed by atoms with van der Waals surface area (Å²) in [6.07, 6.45) is 1.64. The van der Waals surface area contributed by atoms with Crippen molar-refractivity contribution in [1.82, 2.24) is 9.13 Å². The first kappa shape index (κ1) is 16.8. The number of aromatic nitrogens is 2. The van der Waals surface area contributed by atoms with Gasteiger partial charge in [-0.2, -0.15) is 0 Å². The van der Waals surface area contributed by atoms with Crippen LogP contribution in [0.25, 0.3) is 0 Å². The number of nitrogens with zero attached hydrogens (tertiary/aromatic N) is 2. The molecule has 6 heteroatoms. The van der Waals surface area contributed by atoms with Crippen molar-refractivity contribution in [2.75, 3.05) is 6.61 Å². The molecule has 136 valence electrons. The van der Waals surface area contributed by atoms with Gasteiger partial charge < -0.3 is 13.9 Å². The molecular formula is C20H22N2O4. The number of rotatable bonds is 5. The number of hydrogen-bond acceptors (Lipinski definition) is 4. The van der Waals surface area contributed by atoms with Crippen molar-refractivity contribution in [3.8, 4) is 0 Å². The van der Waals surface area contributed by atoms with E-state index in [4.69, 9.17) is 4.74 Å². The van der Waals surface area contributed by atoms with Crippen LogP contribution in [0.2, 0.25) is 0 Å². The van der Waals surface area contributed by atoms with Gasteiger partial charge in [-0.1, -0.05) is 0 Å². The predicted octanol–water partition coefficient (Wildman–Crippen LogP) is 2.86. The molecule has 0 bridgehead atoms. The maximum atomic E-state index is 13.2. The third-order valence-corrected chi connectivity index (χ3v) is 5.43. The minimum Gasteiger partial charge on any atom is -0.466 e. The Morgan fingerprint density at radius 3 is 2.81 bits per heavy atom. The van der Waals surface area contributed by atoms with Gasteiger partial charge in [-0.3, -0.25) is 14.4 Å². The third-order valence-electron chi connectivity index (χ3n) is 5.43. The second-order valence-electron chi connectivity index (χ2n) is 7.00. The molecule has 1 atom stereocenters. The van der Waals surface area contributed by atoms with Crippen LogP contribution < -0.4 is 0 Å². The minimum absolute atomic E-state index is 0.0496. The zero-order valence-corrected chi connectivity index (χ0v) is 15.1. The van der Waals surface area contributed by atoms with Crippen LogP contribution in [0.4, 0.5) is 0 Å². The van der Waals surface area contributed by atoms with Gasteiger partial charge in [-0.25, -0.2) is 0 Å². The molecule has 2 aromatic rings. The highest BCUT2D eigenvalue weighted by Gasteiger charge is 2.33. The number of ether oxygens (including phenoxy) is 1. The molecule has 0 spiro atoms. The summed E-state index contributed by atoms with van der Waals surface area (Å²) in [5.41, 5.74) is 3.82. The molecule has 0 radical (unpaired) electrons. The smallest absolute Gasteiger partial charge is 0.306 e. The third kappa shape index (κ3) is 2.52. The molecule has 0 saturated carbocycles. The predicted molar refractivity (Wildman–Crippen MR) is 94.6 cm³/mol. The van der Waals surface area contributed by atoms with Crippen molar-refractivity contribution < 1.29 is 19.1 Å². The van der Waals surface area contributed by atoms with E-state index in [9.17, 15) is 14.4 Å². The summed E-state index contributed by atoms with van der Waals surface area (Å²) in [7, 11) is 0. The van der Waals surface area contributed by atoms with Crippen LogP contribution in [0.15, 0.2) is 18.2 Å². The monoisotopic (exact) mass is 354 g/mol. The Morgan fingerprint density at radius 1 is 1.23 bits per heavy atom.